The number of benzene rings is 1. The van der Waals surface area contributed by atoms with Gasteiger partial charge in [0.25, 0.3) is 0 Å². The van der Waals surface area contributed by atoms with Crippen LogP contribution in [0.5, 0.6) is 0 Å². The average molecular weight is 374 g/mol. The molecule has 0 radical (unpaired) electrons. The summed E-state index contributed by atoms with van der Waals surface area (Å²) in [6, 6.07) is 4.99. The molecule has 0 bridgehead atoms. The van der Waals surface area contributed by atoms with Crippen LogP contribution in [-0.2, 0) is 14.3 Å². The smallest absolute Gasteiger partial charge is 0.307 e. The number of ether oxygens (including phenoxy) is 1. The van der Waals surface area contributed by atoms with Crippen molar-refractivity contribution in [3.05, 3.63) is 39.9 Å². The molecule has 0 unspecified atom stereocenters. The van der Waals surface area contributed by atoms with Gasteiger partial charge in [-0.1, -0.05) is 29.3 Å². The number of hydrogen-bond acceptors (Lipinski definition) is 4. The first-order chi connectivity index (χ1) is 11.5. The molecule has 0 saturated carbocycles. The molecule has 24 heavy (non-hydrogen) atoms. The van der Waals surface area contributed by atoms with Crippen LogP contribution in [0.4, 0.5) is 0 Å². The third-order valence-corrected chi connectivity index (χ3v) is 3.72. The summed E-state index contributed by atoms with van der Waals surface area (Å²) in [6.07, 6.45) is 3.53. The maximum Gasteiger partial charge on any atom is 0.307 e. The second-order valence-electron chi connectivity index (χ2n) is 4.96. The van der Waals surface area contributed by atoms with E-state index in [2.05, 4.69) is 0 Å². The first-order valence-electron chi connectivity index (χ1n) is 7.66. The van der Waals surface area contributed by atoms with Gasteiger partial charge < -0.3 is 14.7 Å². The van der Waals surface area contributed by atoms with Crippen LogP contribution in [0.15, 0.2) is 24.3 Å². The van der Waals surface area contributed by atoms with E-state index in [1.165, 1.54) is 11.0 Å². The van der Waals surface area contributed by atoms with Gasteiger partial charge in [-0.15, -0.1) is 0 Å². The van der Waals surface area contributed by atoms with E-state index in [0.717, 1.165) is 0 Å². The van der Waals surface area contributed by atoms with Gasteiger partial charge in [0.2, 0.25) is 5.91 Å². The summed E-state index contributed by atoms with van der Waals surface area (Å²) >= 11 is 11.9. The molecular weight excluding hydrogens is 353 g/mol. The number of carbonyl (C=O) groups is 2. The molecule has 1 aromatic rings. The van der Waals surface area contributed by atoms with E-state index in [1.807, 2.05) is 0 Å². The van der Waals surface area contributed by atoms with E-state index < -0.39 is 0 Å². The van der Waals surface area contributed by atoms with Crippen LogP contribution in [-0.4, -0.2) is 48.2 Å². The fourth-order valence-corrected chi connectivity index (χ4v) is 2.43. The van der Waals surface area contributed by atoms with E-state index in [1.54, 1.807) is 31.2 Å². The number of hydrogen-bond donors (Lipinski definition) is 1. The van der Waals surface area contributed by atoms with Crippen molar-refractivity contribution in [2.24, 2.45) is 0 Å². The Kier molecular flexibility index (Phi) is 9.45. The summed E-state index contributed by atoms with van der Waals surface area (Å²) < 4.78 is 4.86. The molecule has 1 aromatic carbocycles. The Morgan fingerprint density at radius 2 is 2.04 bits per heavy atom. The number of rotatable bonds is 9. The topological polar surface area (TPSA) is 66.8 Å². The van der Waals surface area contributed by atoms with Crippen molar-refractivity contribution in [3.8, 4) is 0 Å². The number of aliphatic hydroxyl groups is 1. The Morgan fingerprint density at radius 1 is 1.29 bits per heavy atom. The predicted octanol–water partition coefficient (Wildman–Crippen LogP) is 3.17. The van der Waals surface area contributed by atoms with Crippen molar-refractivity contribution in [1.29, 1.82) is 0 Å². The summed E-state index contributed by atoms with van der Waals surface area (Å²) in [4.78, 5) is 25.2. The maximum absolute atomic E-state index is 12.3. The molecule has 0 aromatic heterocycles. The second-order valence-corrected chi connectivity index (χ2v) is 5.80. The van der Waals surface area contributed by atoms with Gasteiger partial charge in [-0.05, 0) is 37.1 Å². The van der Waals surface area contributed by atoms with Gasteiger partial charge >= 0.3 is 5.97 Å². The predicted molar refractivity (Wildman–Crippen MR) is 95.0 cm³/mol. The zero-order valence-corrected chi connectivity index (χ0v) is 15.0. The Balaban J connectivity index is 2.71. The molecule has 132 valence electrons. The number of esters is 1. The third kappa shape index (κ3) is 7.34. The van der Waals surface area contributed by atoms with Gasteiger partial charge in [-0.3, -0.25) is 9.59 Å². The Labute approximate surface area is 151 Å². The van der Waals surface area contributed by atoms with Crippen LogP contribution < -0.4 is 0 Å². The lowest BCUT2D eigenvalue weighted by molar-refractivity contribution is -0.143. The average Bonchev–Trinajstić information content (AvgIpc) is 2.54. The highest BCUT2D eigenvalue weighted by Gasteiger charge is 2.13. The van der Waals surface area contributed by atoms with Crippen LogP contribution in [0.3, 0.4) is 0 Å². The second kappa shape index (κ2) is 11.1. The van der Waals surface area contributed by atoms with Crippen LogP contribution in [0, 0.1) is 0 Å². The number of nitrogens with zero attached hydrogens (tertiary/aromatic N) is 1. The summed E-state index contributed by atoms with van der Waals surface area (Å²) in [5, 5.41) is 9.91. The molecule has 0 saturated heterocycles. The Hall–Kier alpha value is -1.56. The molecule has 1 amide bonds. The zero-order chi connectivity index (χ0) is 17.9. The molecule has 5 nitrogen and oxygen atoms in total. The van der Waals surface area contributed by atoms with Crippen molar-refractivity contribution in [3.63, 3.8) is 0 Å². The van der Waals surface area contributed by atoms with Crippen LogP contribution in [0.1, 0.15) is 25.3 Å². The van der Waals surface area contributed by atoms with E-state index in [4.69, 9.17) is 33.0 Å². The quantitative estimate of drug-likeness (QED) is 0.533. The molecular formula is C17H21Cl2NO4. The molecule has 0 aliphatic carbocycles. The Bertz CT molecular complexity index is 590. The third-order valence-electron chi connectivity index (χ3n) is 3.16. The number of amides is 1. The Morgan fingerprint density at radius 3 is 2.67 bits per heavy atom. The molecule has 0 heterocycles. The normalized spacial score (nSPS) is 10.8. The lowest BCUT2D eigenvalue weighted by Crippen LogP contribution is -2.33. The van der Waals surface area contributed by atoms with Gasteiger partial charge in [-0.2, -0.15) is 0 Å². The summed E-state index contributed by atoms with van der Waals surface area (Å²) in [5.41, 5.74) is 0.668. The summed E-state index contributed by atoms with van der Waals surface area (Å²) in [5.74, 6) is -0.622. The fourth-order valence-electron chi connectivity index (χ4n) is 1.96. The van der Waals surface area contributed by atoms with E-state index in [-0.39, 0.29) is 31.4 Å². The number of carbonyl (C=O) groups excluding carboxylic acids is 2. The van der Waals surface area contributed by atoms with Gasteiger partial charge in [0.05, 0.1) is 13.0 Å². The highest BCUT2D eigenvalue weighted by molar-refractivity contribution is 6.35. The van der Waals surface area contributed by atoms with Gasteiger partial charge in [-0.25, -0.2) is 0 Å². The van der Waals surface area contributed by atoms with Crippen LogP contribution in [0.25, 0.3) is 6.08 Å². The highest BCUT2D eigenvalue weighted by atomic mass is 35.5. The van der Waals surface area contributed by atoms with Gasteiger partial charge in [0.1, 0.15) is 0 Å². The van der Waals surface area contributed by atoms with Crippen molar-refractivity contribution >= 4 is 41.2 Å². The minimum Gasteiger partial charge on any atom is -0.466 e. The summed E-state index contributed by atoms with van der Waals surface area (Å²) in [6.45, 7) is 2.59. The van der Waals surface area contributed by atoms with Crippen LogP contribution in [0.2, 0.25) is 10.0 Å². The van der Waals surface area contributed by atoms with Crippen molar-refractivity contribution in [1.82, 2.24) is 4.90 Å². The summed E-state index contributed by atoms with van der Waals surface area (Å²) in [7, 11) is 0. The van der Waals surface area contributed by atoms with E-state index in [0.29, 0.717) is 35.2 Å². The molecule has 7 heteroatoms. The first kappa shape index (κ1) is 20.5. The monoisotopic (exact) mass is 373 g/mol. The maximum atomic E-state index is 12.3. The number of aliphatic hydroxyl groups excluding tert-OH is 1. The molecule has 1 rings (SSSR count). The fraction of sp³-hybridized carbons (Fsp3) is 0.412. The standard InChI is InChI=1S/C17H21Cl2NO4/c1-2-24-17(23)8-10-20(9-3-11-21)16(22)7-5-13-4-6-14(18)12-15(13)19/h4-7,12,21H,2-3,8-11H2,1H3/b7-5+. The minimum absolute atomic E-state index is 0.0318. The number of halogens is 2. The van der Waals surface area contributed by atoms with Crippen molar-refractivity contribution < 1.29 is 19.4 Å². The molecule has 0 aliphatic rings. The lowest BCUT2D eigenvalue weighted by atomic mass is 10.2. The largest absolute Gasteiger partial charge is 0.466 e. The van der Waals surface area contributed by atoms with Crippen molar-refractivity contribution in [2.45, 2.75) is 19.8 Å². The van der Waals surface area contributed by atoms with E-state index in [9.17, 15) is 9.59 Å². The van der Waals surface area contributed by atoms with E-state index >= 15 is 0 Å². The lowest BCUT2D eigenvalue weighted by Gasteiger charge is -2.20. The molecule has 0 atom stereocenters. The zero-order valence-electron chi connectivity index (χ0n) is 13.5. The molecule has 0 fully saturated rings. The van der Waals surface area contributed by atoms with Crippen LogP contribution >= 0.6 is 23.2 Å². The minimum atomic E-state index is -0.357. The molecule has 0 spiro atoms. The van der Waals surface area contributed by atoms with Gasteiger partial charge in [0, 0.05) is 35.8 Å². The highest BCUT2D eigenvalue weighted by Crippen LogP contribution is 2.22. The molecule has 1 N–H and O–H groups in total. The van der Waals surface area contributed by atoms with Crippen molar-refractivity contribution in [2.75, 3.05) is 26.3 Å². The first-order valence-corrected chi connectivity index (χ1v) is 8.42. The molecule has 0 aliphatic heterocycles. The SMILES string of the molecule is CCOC(=O)CCN(CCCO)C(=O)/C=C/c1ccc(Cl)cc1Cl. The van der Waals surface area contributed by atoms with Gasteiger partial charge in [0.15, 0.2) is 0 Å².